The molecule has 0 aromatic heterocycles. The van der Waals surface area contributed by atoms with Crippen molar-refractivity contribution in [1.29, 1.82) is 0 Å². The minimum absolute atomic E-state index is 0.0514. The predicted octanol–water partition coefficient (Wildman–Crippen LogP) is 3.82. The normalized spacial score (nSPS) is 32.1. The van der Waals surface area contributed by atoms with Gasteiger partial charge in [-0.1, -0.05) is 19.9 Å². The molecule has 116 valence electrons. The van der Waals surface area contributed by atoms with E-state index in [0.717, 1.165) is 25.5 Å². The topological polar surface area (TPSA) is 21.3 Å². The first-order valence-electron chi connectivity index (χ1n) is 7.74. The number of fused-ring (bicyclic) bond motifs is 1. The van der Waals surface area contributed by atoms with Crippen molar-refractivity contribution in [3.05, 3.63) is 35.4 Å². The molecule has 1 heterocycles. The number of benzene rings is 1. The van der Waals surface area contributed by atoms with Gasteiger partial charge in [-0.05, 0) is 25.8 Å². The van der Waals surface area contributed by atoms with E-state index in [9.17, 15) is 8.78 Å². The Bertz CT molecular complexity index is 532. The molecule has 2 aliphatic rings. The van der Waals surface area contributed by atoms with Crippen molar-refractivity contribution in [3.8, 4) is 0 Å². The van der Waals surface area contributed by atoms with Gasteiger partial charge in [0.1, 0.15) is 11.6 Å². The summed E-state index contributed by atoms with van der Waals surface area (Å²) < 4.78 is 32.8. The zero-order chi connectivity index (χ0) is 15.2. The lowest BCUT2D eigenvalue weighted by molar-refractivity contribution is -0.194. The van der Waals surface area contributed by atoms with Crippen LogP contribution in [0.2, 0.25) is 0 Å². The predicted molar refractivity (Wildman–Crippen MR) is 77.9 cm³/mol. The third-order valence-electron chi connectivity index (χ3n) is 5.19. The van der Waals surface area contributed by atoms with E-state index in [0.29, 0.717) is 23.6 Å². The van der Waals surface area contributed by atoms with Crippen molar-refractivity contribution < 1.29 is 13.5 Å². The van der Waals surface area contributed by atoms with E-state index in [4.69, 9.17) is 4.74 Å². The van der Waals surface area contributed by atoms with E-state index in [1.165, 1.54) is 12.1 Å². The Labute approximate surface area is 124 Å². The van der Waals surface area contributed by atoms with Gasteiger partial charge in [0.25, 0.3) is 0 Å². The Morgan fingerprint density at radius 3 is 2.81 bits per heavy atom. The SMILES string of the molecule is CC(NC1C2CCCOC2C1(C)C)c1ccc(F)cc1F. The molecular formula is C17H23F2NO. The molecule has 0 amide bonds. The van der Waals surface area contributed by atoms with Crippen LogP contribution in [-0.2, 0) is 4.74 Å². The lowest BCUT2D eigenvalue weighted by atomic mass is 9.55. The highest BCUT2D eigenvalue weighted by molar-refractivity contribution is 5.23. The van der Waals surface area contributed by atoms with Crippen molar-refractivity contribution in [2.75, 3.05) is 6.61 Å². The van der Waals surface area contributed by atoms with Crippen LogP contribution >= 0.6 is 0 Å². The Morgan fingerprint density at radius 1 is 1.33 bits per heavy atom. The van der Waals surface area contributed by atoms with Crippen molar-refractivity contribution in [2.24, 2.45) is 11.3 Å². The van der Waals surface area contributed by atoms with Gasteiger partial charge in [-0.2, -0.15) is 0 Å². The summed E-state index contributed by atoms with van der Waals surface area (Å²) in [5, 5.41) is 3.54. The summed E-state index contributed by atoms with van der Waals surface area (Å²) in [4.78, 5) is 0. The smallest absolute Gasteiger partial charge is 0.130 e. The summed E-state index contributed by atoms with van der Waals surface area (Å²) in [7, 11) is 0. The van der Waals surface area contributed by atoms with Gasteiger partial charge >= 0.3 is 0 Å². The Hall–Kier alpha value is -1.00. The van der Waals surface area contributed by atoms with E-state index in [-0.39, 0.29) is 11.5 Å². The summed E-state index contributed by atoms with van der Waals surface area (Å²) in [6.07, 6.45) is 2.55. The highest BCUT2D eigenvalue weighted by Crippen LogP contribution is 2.51. The molecule has 2 fully saturated rings. The standard InChI is InChI=1S/C17H23F2NO/c1-10(12-7-6-11(18)9-14(12)19)20-15-13-5-4-8-21-16(13)17(15,2)3/h6-7,9-10,13,15-16,20H,4-5,8H2,1-3H3. The van der Waals surface area contributed by atoms with Crippen LogP contribution in [0.25, 0.3) is 0 Å². The molecule has 4 heteroatoms. The van der Waals surface area contributed by atoms with Gasteiger partial charge in [0.05, 0.1) is 6.10 Å². The fourth-order valence-corrected chi connectivity index (χ4v) is 4.07. The quantitative estimate of drug-likeness (QED) is 0.915. The lowest BCUT2D eigenvalue weighted by Crippen LogP contribution is -2.69. The molecule has 21 heavy (non-hydrogen) atoms. The molecular weight excluding hydrogens is 272 g/mol. The molecule has 1 aromatic carbocycles. The Balaban J connectivity index is 1.73. The van der Waals surface area contributed by atoms with Gasteiger partial charge in [-0.25, -0.2) is 8.78 Å². The van der Waals surface area contributed by atoms with E-state index in [1.54, 1.807) is 0 Å². The van der Waals surface area contributed by atoms with Gasteiger partial charge in [0, 0.05) is 41.7 Å². The van der Waals surface area contributed by atoms with Gasteiger partial charge < -0.3 is 10.1 Å². The minimum atomic E-state index is -0.534. The van der Waals surface area contributed by atoms with Crippen LogP contribution in [0.1, 0.15) is 45.2 Å². The number of halogens is 2. The zero-order valence-corrected chi connectivity index (χ0v) is 12.8. The zero-order valence-electron chi connectivity index (χ0n) is 12.8. The molecule has 0 radical (unpaired) electrons. The average Bonchev–Trinajstić information content (AvgIpc) is 2.44. The van der Waals surface area contributed by atoms with Crippen LogP contribution in [0, 0.1) is 23.0 Å². The van der Waals surface area contributed by atoms with Crippen molar-refractivity contribution in [1.82, 2.24) is 5.32 Å². The van der Waals surface area contributed by atoms with Crippen LogP contribution in [0.15, 0.2) is 18.2 Å². The maximum Gasteiger partial charge on any atom is 0.130 e. The van der Waals surface area contributed by atoms with E-state index < -0.39 is 11.6 Å². The third-order valence-corrected chi connectivity index (χ3v) is 5.19. The second-order valence-corrected chi connectivity index (χ2v) is 6.95. The highest BCUT2D eigenvalue weighted by atomic mass is 19.1. The maximum atomic E-state index is 13.9. The van der Waals surface area contributed by atoms with Crippen LogP contribution in [0.4, 0.5) is 8.78 Å². The molecule has 1 aliphatic carbocycles. The molecule has 0 spiro atoms. The fourth-order valence-electron chi connectivity index (χ4n) is 4.07. The van der Waals surface area contributed by atoms with E-state index >= 15 is 0 Å². The van der Waals surface area contributed by atoms with Crippen molar-refractivity contribution in [2.45, 2.75) is 51.8 Å². The number of nitrogens with one attached hydrogen (secondary N) is 1. The van der Waals surface area contributed by atoms with Gasteiger partial charge in [0.15, 0.2) is 0 Å². The third kappa shape index (κ3) is 2.49. The molecule has 1 aliphatic heterocycles. The minimum Gasteiger partial charge on any atom is -0.377 e. The summed E-state index contributed by atoms with van der Waals surface area (Å²) in [6, 6.07) is 3.96. The molecule has 0 bridgehead atoms. The number of hydrogen-bond donors (Lipinski definition) is 1. The van der Waals surface area contributed by atoms with Crippen LogP contribution in [0.3, 0.4) is 0 Å². The molecule has 2 nitrogen and oxygen atoms in total. The van der Waals surface area contributed by atoms with Gasteiger partial charge in [-0.15, -0.1) is 0 Å². The average molecular weight is 295 g/mol. The fraction of sp³-hybridized carbons (Fsp3) is 0.647. The summed E-state index contributed by atoms with van der Waals surface area (Å²) >= 11 is 0. The first-order valence-corrected chi connectivity index (χ1v) is 7.74. The van der Waals surface area contributed by atoms with Crippen LogP contribution in [0.5, 0.6) is 0 Å². The molecule has 1 saturated heterocycles. The first-order chi connectivity index (χ1) is 9.91. The van der Waals surface area contributed by atoms with Crippen molar-refractivity contribution in [3.63, 3.8) is 0 Å². The summed E-state index contributed by atoms with van der Waals surface area (Å²) in [6.45, 7) is 7.18. The van der Waals surface area contributed by atoms with Crippen LogP contribution < -0.4 is 5.32 Å². The Morgan fingerprint density at radius 2 is 2.10 bits per heavy atom. The summed E-state index contributed by atoms with van der Waals surface area (Å²) in [5.41, 5.74) is 0.572. The summed E-state index contributed by atoms with van der Waals surface area (Å²) in [5.74, 6) is -0.517. The Kier molecular flexibility index (Phi) is 3.78. The molecule has 4 unspecified atom stereocenters. The number of rotatable bonds is 3. The van der Waals surface area contributed by atoms with Gasteiger partial charge in [-0.3, -0.25) is 0 Å². The van der Waals surface area contributed by atoms with E-state index in [2.05, 4.69) is 19.2 Å². The monoisotopic (exact) mass is 295 g/mol. The van der Waals surface area contributed by atoms with Gasteiger partial charge in [0.2, 0.25) is 0 Å². The molecule has 3 rings (SSSR count). The second-order valence-electron chi connectivity index (χ2n) is 6.95. The number of hydrogen-bond acceptors (Lipinski definition) is 2. The molecule has 1 saturated carbocycles. The molecule has 4 atom stereocenters. The first kappa shape index (κ1) is 14.9. The van der Waals surface area contributed by atoms with E-state index in [1.807, 2.05) is 6.92 Å². The highest BCUT2D eigenvalue weighted by Gasteiger charge is 2.57. The van der Waals surface area contributed by atoms with Crippen LogP contribution in [-0.4, -0.2) is 18.8 Å². The lowest BCUT2D eigenvalue weighted by Gasteiger charge is -2.60. The number of ether oxygens (including phenoxy) is 1. The molecule has 1 aromatic rings. The largest absolute Gasteiger partial charge is 0.377 e. The second kappa shape index (κ2) is 5.33. The maximum absolute atomic E-state index is 13.9. The van der Waals surface area contributed by atoms with Crippen molar-refractivity contribution >= 4 is 0 Å². The molecule has 1 N–H and O–H groups in total.